The van der Waals surface area contributed by atoms with Gasteiger partial charge < -0.3 is 9.32 Å². The molecular formula is C14H16N2O4S. The van der Waals surface area contributed by atoms with Crippen molar-refractivity contribution >= 4 is 21.6 Å². The second-order valence-electron chi connectivity index (χ2n) is 4.57. The molecular weight excluding hydrogens is 292 g/mol. The highest BCUT2D eigenvalue weighted by Crippen LogP contribution is 2.17. The number of benzene rings is 1. The highest BCUT2D eigenvalue weighted by atomic mass is 32.2. The van der Waals surface area contributed by atoms with Gasteiger partial charge in [-0.2, -0.15) is 0 Å². The van der Waals surface area contributed by atoms with Gasteiger partial charge in [0.05, 0.1) is 11.2 Å². The number of nitrogens with zero attached hydrogens (tertiary/aromatic N) is 1. The lowest BCUT2D eigenvalue weighted by Crippen LogP contribution is -2.26. The maximum Gasteiger partial charge on any atom is 0.238 e. The minimum Gasteiger partial charge on any atom is -0.469 e. The zero-order valence-corrected chi connectivity index (χ0v) is 12.3. The van der Waals surface area contributed by atoms with Crippen LogP contribution in [0.15, 0.2) is 52.0 Å². The first kappa shape index (κ1) is 15.3. The minimum absolute atomic E-state index is 0.0164. The number of carbonyl (C=O) groups excluding carboxylic acids is 1. The Hall–Kier alpha value is -2.12. The molecule has 1 amide bonds. The van der Waals surface area contributed by atoms with Gasteiger partial charge in [0.1, 0.15) is 5.76 Å². The molecule has 0 unspecified atom stereocenters. The molecule has 2 aromatic rings. The Morgan fingerprint density at radius 1 is 1.24 bits per heavy atom. The van der Waals surface area contributed by atoms with Crippen molar-refractivity contribution in [1.82, 2.24) is 0 Å². The lowest BCUT2D eigenvalue weighted by Gasteiger charge is -2.17. The Labute approximate surface area is 123 Å². The fraction of sp³-hybridized carbons (Fsp3) is 0.214. The summed E-state index contributed by atoms with van der Waals surface area (Å²) in [5.74, 6) is 0.663. The molecule has 0 bridgehead atoms. The SMILES string of the molecule is CN(C(=O)CCc1ccco1)c1ccc(S(N)(=O)=O)cc1. The van der Waals surface area contributed by atoms with E-state index in [4.69, 9.17) is 9.56 Å². The zero-order chi connectivity index (χ0) is 15.5. The van der Waals surface area contributed by atoms with Crippen LogP contribution in [0.1, 0.15) is 12.2 Å². The molecule has 1 aromatic carbocycles. The number of primary sulfonamides is 1. The van der Waals surface area contributed by atoms with E-state index in [1.54, 1.807) is 31.5 Å². The molecule has 2 rings (SSSR count). The predicted molar refractivity (Wildman–Crippen MR) is 78.3 cm³/mol. The molecule has 1 aromatic heterocycles. The third-order valence-corrected chi connectivity index (χ3v) is 4.02. The van der Waals surface area contributed by atoms with E-state index < -0.39 is 10.0 Å². The summed E-state index contributed by atoms with van der Waals surface area (Å²) in [5.41, 5.74) is 0.604. The second-order valence-corrected chi connectivity index (χ2v) is 6.13. The third kappa shape index (κ3) is 3.93. The molecule has 0 aliphatic rings. The Bertz CT molecular complexity index is 706. The number of sulfonamides is 1. The molecule has 0 spiro atoms. The number of hydrogen-bond donors (Lipinski definition) is 1. The molecule has 112 valence electrons. The van der Waals surface area contributed by atoms with Crippen LogP contribution in [0.3, 0.4) is 0 Å². The molecule has 2 N–H and O–H groups in total. The van der Waals surface area contributed by atoms with Gasteiger partial charge in [-0.25, -0.2) is 13.6 Å². The Morgan fingerprint density at radius 2 is 1.90 bits per heavy atom. The number of rotatable bonds is 5. The molecule has 0 radical (unpaired) electrons. The molecule has 7 heteroatoms. The maximum absolute atomic E-state index is 12.1. The number of anilines is 1. The van der Waals surface area contributed by atoms with Crippen LogP contribution in [0, 0.1) is 0 Å². The normalized spacial score (nSPS) is 11.3. The fourth-order valence-electron chi connectivity index (χ4n) is 1.86. The molecule has 0 saturated heterocycles. The van der Waals surface area contributed by atoms with E-state index >= 15 is 0 Å². The topological polar surface area (TPSA) is 93.6 Å². The second kappa shape index (κ2) is 6.11. The van der Waals surface area contributed by atoms with Gasteiger partial charge in [0.2, 0.25) is 15.9 Å². The number of hydrogen-bond acceptors (Lipinski definition) is 4. The largest absolute Gasteiger partial charge is 0.469 e. The molecule has 0 atom stereocenters. The molecule has 0 fully saturated rings. The molecule has 21 heavy (non-hydrogen) atoms. The van der Waals surface area contributed by atoms with Crippen LogP contribution in [0.4, 0.5) is 5.69 Å². The first-order valence-corrected chi connectivity index (χ1v) is 7.84. The van der Waals surface area contributed by atoms with E-state index in [2.05, 4.69) is 0 Å². The third-order valence-electron chi connectivity index (χ3n) is 3.09. The highest BCUT2D eigenvalue weighted by molar-refractivity contribution is 7.89. The minimum atomic E-state index is -3.72. The summed E-state index contributed by atoms with van der Waals surface area (Å²) in [6.07, 6.45) is 2.39. The number of amides is 1. The fourth-order valence-corrected chi connectivity index (χ4v) is 2.37. The van der Waals surface area contributed by atoms with Crippen molar-refractivity contribution in [3.05, 3.63) is 48.4 Å². The summed E-state index contributed by atoms with van der Waals surface area (Å²) < 4.78 is 27.5. The number of aryl methyl sites for hydroxylation is 1. The van der Waals surface area contributed by atoms with Crippen molar-refractivity contribution in [1.29, 1.82) is 0 Å². The number of furan rings is 1. The summed E-state index contributed by atoms with van der Waals surface area (Å²) in [6.45, 7) is 0. The average Bonchev–Trinajstić information content (AvgIpc) is 2.96. The van der Waals surface area contributed by atoms with Crippen molar-refractivity contribution in [2.45, 2.75) is 17.7 Å². The van der Waals surface area contributed by atoms with Gasteiger partial charge in [-0.3, -0.25) is 4.79 Å². The van der Waals surface area contributed by atoms with Crippen LogP contribution >= 0.6 is 0 Å². The van der Waals surface area contributed by atoms with Crippen molar-refractivity contribution < 1.29 is 17.6 Å². The summed E-state index contributed by atoms with van der Waals surface area (Å²) in [4.78, 5) is 13.5. The van der Waals surface area contributed by atoms with Crippen molar-refractivity contribution in [2.75, 3.05) is 11.9 Å². The summed E-state index contributed by atoms with van der Waals surface area (Å²) in [7, 11) is -2.09. The van der Waals surface area contributed by atoms with Gasteiger partial charge >= 0.3 is 0 Å². The standard InChI is InChI=1S/C14H16N2O4S/c1-16(14(17)9-6-12-3-2-10-20-12)11-4-7-13(8-5-11)21(15,18)19/h2-5,7-8,10H,6,9H2,1H3,(H2,15,18,19). The predicted octanol–water partition coefficient (Wildman–Crippen LogP) is 1.52. The van der Waals surface area contributed by atoms with Gasteiger partial charge in [0.15, 0.2) is 0 Å². The van der Waals surface area contributed by atoms with E-state index in [1.165, 1.54) is 17.0 Å². The van der Waals surface area contributed by atoms with Crippen LogP contribution in [-0.4, -0.2) is 21.4 Å². The van der Waals surface area contributed by atoms with E-state index in [9.17, 15) is 13.2 Å². The van der Waals surface area contributed by atoms with E-state index in [0.717, 1.165) is 5.76 Å². The van der Waals surface area contributed by atoms with E-state index in [1.807, 2.05) is 6.07 Å². The van der Waals surface area contributed by atoms with E-state index in [-0.39, 0.29) is 10.8 Å². The Kier molecular flexibility index (Phi) is 4.44. The summed E-state index contributed by atoms with van der Waals surface area (Å²) in [6, 6.07) is 9.43. The van der Waals surface area contributed by atoms with Gasteiger partial charge in [0.25, 0.3) is 0 Å². The van der Waals surface area contributed by atoms with Gasteiger partial charge in [-0.15, -0.1) is 0 Å². The van der Waals surface area contributed by atoms with Crippen LogP contribution in [0.5, 0.6) is 0 Å². The first-order chi connectivity index (χ1) is 9.88. The van der Waals surface area contributed by atoms with Crippen LogP contribution in [0.25, 0.3) is 0 Å². The Morgan fingerprint density at radius 3 is 2.43 bits per heavy atom. The molecule has 0 aliphatic heterocycles. The van der Waals surface area contributed by atoms with Gasteiger partial charge in [0, 0.05) is 25.6 Å². The van der Waals surface area contributed by atoms with Crippen molar-refractivity contribution in [3.8, 4) is 0 Å². The summed E-state index contributed by atoms with van der Waals surface area (Å²) in [5, 5.41) is 5.03. The monoisotopic (exact) mass is 308 g/mol. The van der Waals surface area contributed by atoms with Crippen molar-refractivity contribution in [2.24, 2.45) is 5.14 Å². The van der Waals surface area contributed by atoms with Crippen molar-refractivity contribution in [3.63, 3.8) is 0 Å². The Balaban J connectivity index is 2.02. The smallest absolute Gasteiger partial charge is 0.238 e. The van der Waals surface area contributed by atoms with Crippen LogP contribution < -0.4 is 10.0 Å². The van der Waals surface area contributed by atoms with Gasteiger partial charge in [-0.05, 0) is 36.4 Å². The summed E-state index contributed by atoms with van der Waals surface area (Å²) >= 11 is 0. The van der Waals surface area contributed by atoms with Gasteiger partial charge in [-0.1, -0.05) is 0 Å². The average molecular weight is 308 g/mol. The molecule has 6 nitrogen and oxygen atoms in total. The lowest BCUT2D eigenvalue weighted by atomic mass is 10.2. The molecule has 1 heterocycles. The lowest BCUT2D eigenvalue weighted by molar-refractivity contribution is -0.118. The van der Waals surface area contributed by atoms with Crippen LogP contribution in [-0.2, 0) is 21.2 Å². The molecule has 0 aliphatic carbocycles. The molecule has 0 saturated carbocycles. The maximum atomic E-state index is 12.1. The first-order valence-electron chi connectivity index (χ1n) is 6.30. The highest BCUT2D eigenvalue weighted by Gasteiger charge is 2.13. The van der Waals surface area contributed by atoms with Crippen LogP contribution in [0.2, 0.25) is 0 Å². The quantitative estimate of drug-likeness (QED) is 0.906. The number of carbonyl (C=O) groups is 1. The number of nitrogens with two attached hydrogens (primary N) is 1. The van der Waals surface area contributed by atoms with E-state index in [0.29, 0.717) is 18.5 Å². The zero-order valence-electron chi connectivity index (χ0n) is 11.5.